The number of ether oxygens (including phenoxy) is 1. The highest BCUT2D eigenvalue weighted by Gasteiger charge is 2.12. The van der Waals surface area contributed by atoms with E-state index in [9.17, 15) is 0 Å². The van der Waals surface area contributed by atoms with Crippen molar-refractivity contribution in [2.75, 3.05) is 25.5 Å². The van der Waals surface area contributed by atoms with Crippen molar-refractivity contribution in [3.63, 3.8) is 0 Å². The largest absolute Gasteiger partial charge is 0.497 e. The van der Waals surface area contributed by atoms with Crippen LogP contribution in [-0.2, 0) is 0 Å². The standard InChI is InChI=1S/C13H20N2O/c1-16-13-6-2-4-12(10-13)15-9-7-11-5-3-8-14-11/h2,4,6,10-11,14-15H,3,5,7-9H2,1H3. The number of hydrogen-bond acceptors (Lipinski definition) is 3. The zero-order valence-corrected chi connectivity index (χ0v) is 9.83. The molecular weight excluding hydrogens is 200 g/mol. The van der Waals surface area contributed by atoms with Crippen LogP contribution in [0.25, 0.3) is 0 Å². The molecule has 1 aliphatic rings. The molecule has 0 aromatic heterocycles. The SMILES string of the molecule is COc1cccc(NCCC2CCCN2)c1. The third-order valence-corrected chi connectivity index (χ3v) is 3.05. The van der Waals surface area contributed by atoms with Gasteiger partial charge in [0, 0.05) is 24.3 Å². The lowest BCUT2D eigenvalue weighted by Gasteiger charge is -2.12. The van der Waals surface area contributed by atoms with E-state index in [0.717, 1.165) is 18.0 Å². The van der Waals surface area contributed by atoms with E-state index < -0.39 is 0 Å². The quantitative estimate of drug-likeness (QED) is 0.798. The van der Waals surface area contributed by atoms with Gasteiger partial charge in [0.1, 0.15) is 5.75 Å². The molecule has 0 aliphatic carbocycles. The molecule has 1 aromatic rings. The van der Waals surface area contributed by atoms with Gasteiger partial charge >= 0.3 is 0 Å². The summed E-state index contributed by atoms with van der Waals surface area (Å²) in [7, 11) is 1.70. The lowest BCUT2D eigenvalue weighted by molar-refractivity contribution is 0.415. The molecule has 88 valence electrons. The first-order valence-corrected chi connectivity index (χ1v) is 6.00. The molecule has 1 fully saturated rings. The van der Waals surface area contributed by atoms with Crippen LogP contribution < -0.4 is 15.4 Å². The second kappa shape index (κ2) is 5.75. The molecular formula is C13H20N2O. The second-order valence-corrected chi connectivity index (χ2v) is 4.24. The van der Waals surface area contributed by atoms with Gasteiger partial charge in [-0.15, -0.1) is 0 Å². The van der Waals surface area contributed by atoms with Gasteiger partial charge in [0.15, 0.2) is 0 Å². The van der Waals surface area contributed by atoms with Crippen LogP contribution in [-0.4, -0.2) is 26.2 Å². The fourth-order valence-electron chi connectivity index (χ4n) is 2.13. The summed E-state index contributed by atoms with van der Waals surface area (Å²) >= 11 is 0. The Hall–Kier alpha value is -1.22. The first-order valence-electron chi connectivity index (χ1n) is 6.00. The van der Waals surface area contributed by atoms with Gasteiger partial charge in [-0.05, 0) is 37.9 Å². The molecule has 1 unspecified atom stereocenters. The molecule has 1 atom stereocenters. The summed E-state index contributed by atoms with van der Waals surface area (Å²) in [5.41, 5.74) is 1.14. The van der Waals surface area contributed by atoms with Crippen molar-refractivity contribution in [2.45, 2.75) is 25.3 Å². The number of methoxy groups -OCH3 is 1. The predicted octanol–water partition coefficient (Wildman–Crippen LogP) is 2.25. The summed E-state index contributed by atoms with van der Waals surface area (Å²) in [5, 5.41) is 6.93. The van der Waals surface area contributed by atoms with Gasteiger partial charge in [0.25, 0.3) is 0 Å². The maximum Gasteiger partial charge on any atom is 0.120 e. The fourth-order valence-corrected chi connectivity index (χ4v) is 2.13. The van der Waals surface area contributed by atoms with Crippen molar-refractivity contribution in [2.24, 2.45) is 0 Å². The van der Waals surface area contributed by atoms with Crippen LogP contribution in [0.1, 0.15) is 19.3 Å². The van der Waals surface area contributed by atoms with Crippen molar-refractivity contribution in [1.29, 1.82) is 0 Å². The molecule has 3 nitrogen and oxygen atoms in total. The molecule has 0 radical (unpaired) electrons. The van der Waals surface area contributed by atoms with E-state index in [4.69, 9.17) is 4.74 Å². The average molecular weight is 220 g/mol. The number of hydrogen-bond donors (Lipinski definition) is 2. The fraction of sp³-hybridized carbons (Fsp3) is 0.538. The van der Waals surface area contributed by atoms with Crippen molar-refractivity contribution < 1.29 is 4.74 Å². The number of anilines is 1. The smallest absolute Gasteiger partial charge is 0.120 e. The highest BCUT2D eigenvalue weighted by atomic mass is 16.5. The molecule has 0 amide bonds. The third-order valence-electron chi connectivity index (χ3n) is 3.05. The highest BCUT2D eigenvalue weighted by molar-refractivity contribution is 5.48. The summed E-state index contributed by atoms with van der Waals surface area (Å²) in [5.74, 6) is 0.906. The van der Waals surface area contributed by atoms with E-state index in [1.165, 1.54) is 25.8 Å². The van der Waals surface area contributed by atoms with E-state index in [1.807, 2.05) is 18.2 Å². The molecule has 0 bridgehead atoms. The van der Waals surface area contributed by atoms with Gasteiger partial charge in [-0.25, -0.2) is 0 Å². The minimum Gasteiger partial charge on any atom is -0.497 e. The topological polar surface area (TPSA) is 33.3 Å². The number of rotatable bonds is 5. The maximum atomic E-state index is 5.18. The average Bonchev–Trinajstić information content (AvgIpc) is 2.82. The number of benzene rings is 1. The summed E-state index contributed by atoms with van der Waals surface area (Å²) in [6, 6.07) is 8.78. The van der Waals surface area contributed by atoms with E-state index in [-0.39, 0.29) is 0 Å². The van der Waals surface area contributed by atoms with Crippen LogP contribution in [0.2, 0.25) is 0 Å². The molecule has 2 N–H and O–H groups in total. The van der Waals surface area contributed by atoms with Crippen LogP contribution in [0.3, 0.4) is 0 Å². The normalized spacial score (nSPS) is 19.7. The van der Waals surface area contributed by atoms with Gasteiger partial charge in [-0.3, -0.25) is 0 Å². The molecule has 1 aliphatic heterocycles. The maximum absolute atomic E-state index is 5.18. The second-order valence-electron chi connectivity index (χ2n) is 4.24. The van der Waals surface area contributed by atoms with Crippen molar-refractivity contribution in [3.8, 4) is 5.75 Å². The molecule has 0 saturated carbocycles. The predicted molar refractivity (Wildman–Crippen MR) is 67.1 cm³/mol. The Morgan fingerprint density at radius 1 is 1.50 bits per heavy atom. The van der Waals surface area contributed by atoms with Gasteiger partial charge in [0.2, 0.25) is 0 Å². The van der Waals surface area contributed by atoms with Crippen LogP contribution in [0.4, 0.5) is 5.69 Å². The Morgan fingerprint density at radius 3 is 3.19 bits per heavy atom. The molecule has 2 rings (SSSR count). The summed E-state index contributed by atoms with van der Waals surface area (Å²) in [6.07, 6.45) is 3.83. The monoisotopic (exact) mass is 220 g/mol. The first kappa shape index (κ1) is 11.3. The Balaban J connectivity index is 1.75. The van der Waals surface area contributed by atoms with Crippen LogP contribution >= 0.6 is 0 Å². The lowest BCUT2D eigenvalue weighted by atomic mass is 10.1. The van der Waals surface area contributed by atoms with E-state index in [2.05, 4.69) is 16.7 Å². The molecule has 3 heteroatoms. The van der Waals surface area contributed by atoms with Gasteiger partial charge in [0.05, 0.1) is 7.11 Å². The van der Waals surface area contributed by atoms with Crippen LogP contribution in [0, 0.1) is 0 Å². The zero-order valence-electron chi connectivity index (χ0n) is 9.83. The van der Waals surface area contributed by atoms with Crippen molar-refractivity contribution in [3.05, 3.63) is 24.3 Å². The molecule has 1 saturated heterocycles. The molecule has 1 aromatic carbocycles. The molecule has 16 heavy (non-hydrogen) atoms. The van der Waals surface area contributed by atoms with E-state index in [1.54, 1.807) is 7.11 Å². The van der Waals surface area contributed by atoms with E-state index in [0.29, 0.717) is 6.04 Å². The van der Waals surface area contributed by atoms with Crippen LogP contribution in [0.15, 0.2) is 24.3 Å². The summed E-state index contributed by atoms with van der Waals surface area (Å²) in [4.78, 5) is 0. The molecule has 0 spiro atoms. The van der Waals surface area contributed by atoms with E-state index >= 15 is 0 Å². The van der Waals surface area contributed by atoms with Crippen molar-refractivity contribution >= 4 is 5.69 Å². The zero-order chi connectivity index (χ0) is 11.2. The minimum absolute atomic E-state index is 0.707. The van der Waals surface area contributed by atoms with Gasteiger partial charge in [-0.1, -0.05) is 6.07 Å². The first-order chi connectivity index (χ1) is 7.88. The van der Waals surface area contributed by atoms with Gasteiger partial charge < -0.3 is 15.4 Å². The minimum atomic E-state index is 0.707. The van der Waals surface area contributed by atoms with Crippen LogP contribution in [0.5, 0.6) is 5.75 Å². The molecule has 1 heterocycles. The Labute approximate surface area is 97.2 Å². The van der Waals surface area contributed by atoms with Gasteiger partial charge in [-0.2, -0.15) is 0 Å². The Bertz CT molecular complexity index is 321. The Kier molecular flexibility index (Phi) is 4.05. The summed E-state index contributed by atoms with van der Waals surface area (Å²) in [6.45, 7) is 2.20. The highest BCUT2D eigenvalue weighted by Crippen LogP contribution is 2.17. The third kappa shape index (κ3) is 3.14. The number of nitrogens with one attached hydrogen (secondary N) is 2. The summed E-state index contributed by atoms with van der Waals surface area (Å²) < 4.78 is 5.18. The Morgan fingerprint density at radius 2 is 2.44 bits per heavy atom. The lowest BCUT2D eigenvalue weighted by Crippen LogP contribution is -2.24. The van der Waals surface area contributed by atoms with Crippen molar-refractivity contribution in [1.82, 2.24) is 5.32 Å².